The minimum absolute atomic E-state index is 0.188. The SMILES string of the molecule is Cc1cc(CN(C)C)c([O-])c(CN(C)C)c1. The zero-order chi connectivity index (χ0) is 12.3. The van der Waals surface area contributed by atoms with Gasteiger partial charge in [-0.25, -0.2) is 0 Å². The van der Waals surface area contributed by atoms with Crippen molar-refractivity contribution in [3.05, 3.63) is 28.8 Å². The van der Waals surface area contributed by atoms with Gasteiger partial charge in [-0.05, 0) is 46.2 Å². The predicted octanol–water partition coefficient (Wildman–Crippen LogP) is 1.19. The summed E-state index contributed by atoms with van der Waals surface area (Å²) in [6.45, 7) is 3.46. The van der Waals surface area contributed by atoms with Crippen molar-refractivity contribution in [3.63, 3.8) is 0 Å². The molecule has 0 saturated carbocycles. The zero-order valence-corrected chi connectivity index (χ0v) is 10.9. The minimum atomic E-state index is 0.188. The maximum absolute atomic E-state index is 12.1. The van der Waals surface area contributed by atoms with E-state index in [1.54, 1.807) is 0 Å². The molecule has 1 rings (SSSR count). The Bertz CT molecular complexity index is 328. The molecule has 0 heterocycles. The Balaban J connectivity index is 3.05. The van der Waals surface area contributed by atoms with Crippen molar-refractivity contribution < 1.29 is 5.11 Å². The first-order valence-electron chi connectivity index (χ1n) is 5.49. The Labute approximate surface area is 98.3 Å². The molecule has 0 aliphatic rings. The van der Waals surface area contributed by atoms with Crippen molar-refractivity contribution in [3.8, 4) is 5.75 Å². The van der Waals surface area contributed by atoms with Crippen LogP contribution in [0.15, 0.2) is 12.1 Å². The standard InChI is InChI=1S/C13H22N2O/c1-10-6-11(8-14(2)3)13(16)12(7-10)9-15(4)5/h6-7,16H,8-9H2,1-5H3/p-1. The van der Waals surface area contributed by atoms with E-state index in [4.69, 9.17) is 0 Å². The van der Waals surface area contributed by atoms with Crippen molar-refractivity contribution in [2.45, 2.75) is 20.0 Å². The molecule has 90 valence electrons. The molecular formula is C13H21N2O-. The van der Waals surface area contributed by atoms with Crippen molar-refractivity contribution in [2.24, 2.45) is 0 Å². The normalized spacial score (nSPS) is 11.4. The van der Waals surface area contributed by atoms with E-state index in [0.29, 0.717) is 13.1 Å². The van der Waals surface area contributed by atoms with Gasteiger partial charge in [-0.3, -0.25) is 0 Å². The fourth-order valence-electron chi connectivity index (χ4n) is 1.84. The first-order chi connectivity index (χ1) is 7.40. The molecular weight excluding hydrogens is 200 g/mol. The quantitative estimate of drug-likeness (QED) is 0.765. The van der Waals surface area contributed by atoms with E-state index in [1.165, 1.54) is 0 Å². The van der Waals surface area contributed by atoms with Gasteiger partial charge >= 0.3 is 0 Å². The van der Waals surface area contributed by atoms with Gasteiger partial charge in [-0.1, -0.05) is 23.4 Å². The van der Waals surface area contributed by atoms with Crippen LogP contribution >= 0.6 is 0 Å². The fourth-order valence-corrected chi connectivity index (χ4v) is 1.84. The monoisotopic (exact) mass is 221 g/mol. The first-order valence-corrected chi connectivity index (χ1v) is 5.49. The molecule has 16 heavy (non-hydrogen) atoms. The number of benzene rings is 1. The fraction of sp³-hybridized carbons (Fsp3) is 0.538. The van der Waals surface area contributed by atoms with Gasteiger partial charge in [0, 0.05) is 13.1 Å². The van der Waals surface area contributed by atoms with E-state index in [1.807, 2.05) is 57.0 Å². The molecule has 0 atom stereocenters. The number of hydrogen-bond donors (Lipinski definition) is 0. The lowest BCUT2D eigenvalue weighted by molar-refractivity contribution is -0.271. The first kappa shape index (κ1) is 13.0. The van der Waals surface area contributed by atoms with E-state index >= 15 is 0 Å². The van der Waals surface area contributed by atoms with Crippen molar-refractivity contribution in [1.29, 1.82) is 0 Å². The maximum atomic E-state index is 12.1. The summed E-state index contributed by atoms with van der Waals surface area (Å²) in [7, 11) is 7.92. The Morgan fingerprint density at radius 2 is 1.31 bits per heavy atom. The summed E-state index contributed by atoms with van der Waals surface area (Å²) in [5.41, 5.74) is 2.94. The predicted molar refractivity (Wildman–Crippen MR) is 65.4 cm³/mol. The van der Waals surface area contributed by atoms with Crippen LogP contribution in [0.1, 0.15) is 16.7 Å². The summed E-state index contributed by atoms with van der Waals surface area (Å²) in [6.07, 6.45) is 0. The van der Waals surface area contributed by atoms with Crippen molar-refractivity contribution in [1.82, 2.24) is 9.80 Å². The molecule has 1 aromatic rings. The Kier molecular flexibility index (Phi) is 4.33. The van der Waals surface area contributed by atoms with Crippen LogP contribution in [-0.2, 0) is 13.1 Å². The topological polar surface area (TPSA) is 29.5 Å². The molecule has 3 heteroatoms. The van der Waals surface area contributed by atoms with Gasteiger partial charge in [-0.2, -0.15) is 0 Å². The highest BCUT2D eigenvalue weighted by Crippen LogP contribution is 2.23. The minimum Gasteiger partial charge on any atom is -0.872 e. The van der Waals surface area contributed by atoms with Crippen LogP contribution < -0.4 is 5.11 Å². The molecule has 0 fully saturated rings. The van der Waals surface area contributed by atoms with E-state index in [2.05, 4.69) is 0 Å². The molecule has 3 nitrogen and oxygen atoms in total. The lowest BCUT2D eigenvalue weighted by Gasteiger charge is -2.24. The Morgan fingerprint density at radius 1 is 0.938 bits per heavy atom. The maximum Gasteiger partial charge on any atom is 0.0221 e. The zero-order valence-electron chi connectivity index (χ0n) is 10.9. The van der Waals surface area contributed by atoms with Crippen molar-refractivity contribution in [2.75, 3.05) is 28.2 Å². The van der Waals surface area contributed by atoms with Crippen molar-refractivity contribution >= 4 is 0 Å². The van der Waals surface area contributed by atoms with Crippen LogP contribution in [0.3, 0.4) is 0 Å². The molecule has 0 aromatic heterocycles. The van der Waals surface area contributed by atoms with Crippen LogP contribution in [0.5, 0.6) is 5.75 Å². The molecule has 0 saturated heterocycles. The highest BCUT2D eigenvalue weighted by molar-refractivity contribution is 5.42. The molecule has 0 bridgehead atoms. The molecule has 1 aromatic carbocycles. The third kappa shape index (κ3) is 3.51. The largest absolute Gasteiger partial charge is 0.872 e. The average Bonchev–Trinajstić information content (AvgIpc) is 2.11. The summed E-state index contributed by atoms with van der Waals surface area (Å²) in [5.74, 6) is 0.188. The second-order valence-electron chi connectivity index (χ2n) is 4.89. The van der Waals surface area contributed by atoms with Crippen LogP contribution in [0.4, 0.5) is 0 Å². The van der Waals surface area contributed by atoms with E-state index in [0.717, 1.165) is 16.7 Å². The second kappa shape index (κ2) is 5.32. The summed E-state index contributed by atoms with van der Waals surface area (Å²) < 4.78 is 0. The lowest BCUT2D eigenvalue weighted by atomic mass is 10.0. The smallest absolute Gasteiger partial charge is 0.0221 e. The number of aryl methyl sites for hydroxylation is 1. The molecule has 0 amide bonds. The number of nitrogens with zero attached hydrogens (tertiary/aromatic N) is 2. The van der Waals surface area contributed by atoms with E-state index < -0.39 is 0 Å². The van der Waals surface area contributed by atoms with Gasteiger partial charge in [0.25, 0.3) is 0 Å². The van der Waals surface area contributed by atoms with Gasteiger partial charge < -0.3 is 14.9 Å². The average molecular weight is 221 g/mol. The summed E-state index contributed by atoms with van der Waals surface area (Å²) in [4.78, 5) is 4.05. The summed E-state index contributed by atoms with van der Waals surface area (Å²) in [5, 5.41) is 12.1. The van der Waals surface area contributed by atoms with E-state index in [9.17, 15) is 5.11 Å². The molecule has 0 aliphatic carbocycles. The third-order valence-electron chi connectivity index (χ3n) is 2.36. The van der Waals surface area contributed by atoms with Gasteiger partial charge in [0.2, 0.25) is 0 Å². The molecule has 0 radical (unpaired) electrons. The highest BCUT2D eigenvalue weighted by Gasteiger charge is 2.04. The number of hydrogen-bond acceptors (Lipinski definition) is 3. The second-order valence-corrected chi connectivity index (χ2v) is 4.89. The molecule has 0 spiro atoms. The number of rotatable bonds is 4. The van der Waals surface area contributed by atoms with Gasteiger partial charge in [0.1, 0.15) is 0 Å². The van der Waals surface area contributed by atoms with Crippen LogP contribution in [0.25, 0.3) is 0 Å². The van der Waals surface area contributed by atoms with Crippen LogP contribution in [-0.4, -0.2) is 38.0 Å². The Hall–Kier alpha value is -1.06. The van der Waals surface area contributed by atoms with Gasteiger partial charge in [-0.15, -0.1) is 0 Å². The highest BCUT2D eigenvalue weighted by atomic mass is 16.3. The molecule has 0 unspecified atom stereocenters. The molecule has 0 aliphatic heterocycles. The Morgan fingerprint density at radius 3 is 1.62 bits per heavy atom. The summed E-state index contributed by atoms with van der Waals surface area (Å²) >= 11 is 0. The lowest BCUT2D eigenvalue weighted by Crippen LogP contribution is -2.17. The summed E-state index contributed by atoms with van der Waals surface area (Å²) in [6, 6.07) is 3.98. The van der Waals surface area contributed by atoms with Crippen LogP contribution in [0, 0.1) is 6.92 Å². The van der Waals surface area contributed by atoms with Gasteiger partial charge in [0.15, 0.2) is 0 Å². The van der Waals surface area contributed by atoms with Gasteiger partial charge in [0.05, 0.1) is 0 Å². The third-order valence-corrected chi connectivity index (χ3v) is 2.36. The van der Waals surface area contributed by atoms with E-state index in [-0.39, 0.29) is 5.75 Å². The van der Waals surface area contributed by atoms with Crippen LogP contribution in [0.2, 0.25) is 0 Å². The molecule has 0 N–H and O–H groups in total.